The van der Waals surface area contributed by atoms with Crippen molar-refractivity contribution in [2.24, 2.45) is 23.7 Å². The molecule has 42 heavy (non-hydrogen) atoms. The lowest BCUT2D eigenvalue weighted by atomic mass is 9.71. The van der Waals surface area contributed by atoms with Crippen LogP contribution in [0.3, 0.4) is 0 Å². The third-order valence-electron chi connectivity index (χ3n) is 9.87. The van der Waals surface area contributed by atoms with Crippen molar-refractivity contribution in [3.63, 3.8) is 0 Å². The van der Waals surface area contributed by atoms with Crippen LogP contribution in [0.1, 0.15) is 67.2 Å². The van der Waals surface area contributed by atoms with Gasteiger partial charge in [-0.3, -0.25) is 9.59 Å². The molecular weight excluding hydrogens is 536 g/mol. The Morgan fingerprint density at radius 2 is 1.86 bits per heavy atom. The van der Waals surface area contributed by atoms with E-state index >= 15 is 0 Å². The van der Waals surface area contributed by atoms with E-state index in [1.165, 1.54) is 6.08 Å². The molecule has 2 bridgehead atoms. The second kappa shape index (κ2) is 12.0. The SMILES string of the molecule is CCC(C)[C@H]1O[C@]2(C=C[C@@H]1C)C[C@@H]1C[C@@H](C/C=C(\C)[C@@H](O)[C@@H](C)/C=C/C=C3\CO[C@@H]4C(=O)C(C)=C[C@@H](C(=O)O1)[C@]34O)O2. The van der Waals surface area contributed by atoms with Gasteiger partial charge < -0.3 is 29.2 Å². The fraction of sp³-hybridized carbons (Fsp3) is 0.647. The Labute approximate surface area is 249 Å². The molecule has 2 fully saturated rings. The number of carbonyl (C=O) groups is 2. The lowest BCUT2D eigenvalue weighted by molar-refractivity contribution is -0.300. The molecule has 1 spiro atoms. The lowest BCUT2D eigenvalue weighted by Crippen LogP contribution is -2.57. The van der Waals surface area contributed by atoms with E-state index in [0.717, 1.165) is 12.0 Å². The minimum atomic E-state index is -1.87. The molecule has 2 N–H and O–H groups in total. The Morgan fingerprint density at radius 3 is 2.60 bits per heavy atom. The van der Waals surface area contributed by atoms with Crippen molar-refractivity contribution in [2.75, 3.05) is 6.61 Å². The van der Waals surface area contributed by atoms with Gasteiger partial charge in [0, 0.05) is 24.7 Å². The highest BCUT2D eigenvalue weighted by Gasteiger charge is 2.60. The molecule has 1 aliphatic carbocycles. The Hall–Kier alpha value is -2.36. The monoisotopic (exact) mass is 582 g/mol. The van der Waals surface area contributed by atoms with Crippen molar-refractivity contribution in [3.8, 4) is 0 Å². The van der Waals surface area contributed by atoms with E-state index in [1.807, 2.05) is 32.1 Å². The summed E-state index contributed by atoms with van der Waals surface area (Å²) in [5.74, 6) is -2.84. The first-order valence-electron chi connectivity index (χ1n) is 15.4. The Balaban J connectivity index is 1.55. The van der Waals surface area contributed by atoms with Crippen molar-refractivity contribution in [2.45, 2.75) is 109 Å². The molecule has 5 aliphatic rings. The highest BCUT2D eigenvalue weighted by Crippen LogP contribution is 2.45. The van der Waals surface area contributed by atoms with Crippen LogP contribution in [0.25, 0.3) is 0 Å². The minimum Gasteiger partial charge on any atom is -0.462 e. The van der Waals surface area contributed by atoms with Gasteiger partial charge in [0.25, 0.3) is 0 Å². The van der Waals surface area contributed by atoms with E-state index < -0.39 is 41.6 Å². The van der Waals surface area contributed by atoms with Crippen LogP contribution in [0.4, 0.5) is 0 Å². The van der Waals surface area contributed by atoms with Crippen LogP contribution in [-0.2, 0) is 28.5 Å². The van der Waals surface area contributed by atoms with Gasteiger partial charge in [0.2, 0.25) is 0 Å². The van der Waals surface area contributed by atoms with Crippen LogP contribution in [0.5, 0.6) is 0 Å². The molecule has 1 unspecified atom stereocenters. The van der Waals surface area contributed by atoms with E-state index in [2.05, 4.69) is 26.8 Å². The highest BCUT2D eigenvalue weighted by molar-refractivity contribution is 6.03. The molecule has 5 rings (SSSR count). The second-order valence-electron chi connectivity index (χ2n) is 13.0. The summed E-state index contributed by atoms with van der Waals surface area (Å²) in [4.78, 5) is 26.9. The maximum atomic E-state index is 13.9. The molecule has 0 saturated carbocycles. The molecular formula is C34H46O8. The van der Waals surface area contributed by atoms with Gasteiger partial charge in [0.1, 0.15) is 17.6 Å². The van der Waals surface area contributed by atoms with Gasteiger partial charge in [-0.15, -0.1) is 0 Å². The lowest BCUT2D eigenvalue weighted by Gasteiger charge is -2.48. The van der Waals surface area contributed by atoms with Gasteiger partial charge in [-0.25, -0.2) is 0 Å². The minimum absolute atomic E-state index is 0.00822. The summed E-state index contributed by atoms with van der Waals surface area (Å²) in [6, 6.07) is 0. The van der Waals surface area contributed by atoms with Crippen LogP contribution in [0.2, 0.25) is 0 Å². The number of rotatable bonds is 2. The molecule has 4 heterocycles. The van der Waals surface area contributed by atoms with E-state index in [0.29, 0.717) is 36.3 Å². The third-order valence-corrected chi connectivity index (χ3v) is 9.87. The van der Waals surface area contributed by atoms with Gasteiger partial charge in [-0.1, -0.05) is 70.6 Å². The number of ether oxygens (including phenoxy) is 4. The first-order chi connectivity index (χ1) is 19.9. The second-order valence-corrected chi connectivity index (χ2v) is 13.0. The smallest absolute Gasteiger partial charge is 0.316 e. The van der Waals surface area contributed by atoms with Gasteiger partial charge in [-0.2, -0.15) is 0 Å². The van der Waals surface area contributed by atoms with E-state index in [-0.39, 0.29) is 36.4 Å². The van der Waals surface area contributed by atoms with E-state index in [1.54, 1.807) is 19.1 Å². The van der Waals surface area contributed by atoms with Crippen LogP contribution in [0.15, 0.2) is 59.3 Å². The molecule has 11 atom stereocenters. The average molecular weight is 583 g/mol. The fourth-order valence-corrected chi connectivity index (χ4v) is 7.00. The summed E-state index contributed by atoms with van der Waals surface area (Å²) in [5.41, 5.74) is -0.265. The highest BCUT2D eigenvalue weighted by atomic mass is 16.7. The molecule has 0 aromatic heterocycles. The molecule has 0 amide bonds. The van der Waals surface area contributed by atoms with Gasteiger partial charge in [0.15, 0.2) is 17.7 Å². The summed E-state index contributed by atoms with van der Waals surface area (Å²) < 4.78 is 25.3. The normalized spacial score (nSPS) is 46.5. The van der Waals surface area contributed by atoms with Crippen LogP contribution < -0.4 is 0 Å². The standard InChI is InChI=1S/C34H46O8/c1-7-19(2)30-22(5)13-14-33(42-30)17-26-16-25(41-33)12-11-21(4)28(35)20(3)9-8-10-24-18-39-31-29(36)23(6)15-27(32(37)40-26)34(24,31)38/h8-11,13-15,19-20,22,25-28,30-31,35,38H,7,12,16-18H2,1-6H3/b9-8+,21-11+,24-10+/t19?,20-,22-,25+,26-,27-,28-,30+,31+,33+,34+/m0/s1. The third kappa shape index (κ3) is 5.64. The Morgan fingerprint density at radius 1 is 1.10 bits per heavy atom. The summed E-state index contributed by atoms with van der Waals surface area (Å²) in [6.07, 6.45) is 12.2. The van der Waals surface area contributed by atoms with Crippen molar-refractivity contribution in [3.05, 3.63) is 59.3 Å². The quantitative estimate of drug-likeness (QED) is 0.361. The molecule has 8 nitrogen and oxygen atoms in total. The predicted octanol–water partition coefficient (Wildman–Crippen LogP) is 4.52. The fourth-order valence-electron chi connectivity index (χ4n) is 7.00. The molecule has 230 valence electrons. The van der Waals surface area contributed by atoms with Crippen LogP contribution in [-0.4, -0.2) is 70.5 Å². The number of Topliss-reactive ketones (excluding diaryl/α,β-unsaturated/α-hetero) is 1. The maximum absolute atomic E-state index is 13.9. The number of aliphatic hydroxyl groups excluding tert-OH is 1. The zero-order valence-electron chi connectivity index (χ0n) is 25.6. The number of allylic oxidation sites excluding steroid dienone is 2. The van der Waals surface area contributed by atoms with Crippen molar-refractivity contribution in [1.82, 2.24) is 0 Å². The number of fused-ring (bicyclic) bond motifs is 2. The number of ketones is 1. The molecule has 8 heteroatoms. The number of hydrogen-bond donors (Lipinski definition) is 2. The van der Waals surface area contributed by atoms with Crippen LogP contribution >= 0.6 is 0 Å². The molecule has 2 saturated heterocycles. The average Bonchev–Trinajstić information content (AvgIpc) is 3.30. The van der Waals surface area contributed by atoms with Gasteiger partial charge in [-0.05, 0) is 49.0 Å². The predicted molar refractivity (Wildman–Crippen MR) is 157 cm³/mol. The van der Waals surface area contributed by atoms with Crippen molar-refractivity contribution >= 4 is 11.8 Å². The topological polar surface area (TPSA) is 112 Å². The Kier molecular flexibility index (Phi) is 8.85. The zero-order chi connectivity index (χ0) is 30.4. The van der Waals surface area contributed by atoms with Gasteiger partial charge in [0.05, 0.1) is 24.9 Å². The summed E-state index contributed by atoms with van der Waals surface area (Å²) in [6.45, 7) is 11.9. The number of esters is 1. The van der Waals surface area contributed by atoms with Crippen LogP contribution in [0, 0.1) is 23.7 Å². The van der Waals surface area contributed by atoms with E-state index in [4.69, 9.17) is 18.9 Å². The number of carbonyl (C=O) groups excluding carboxylic acids is 2. The van der Waals surface area contributed by atoms with Crippen molar-refractivity contribution < 1.29 is 38.7 Å². The molecule has 0 aromatic carbocycles. The maximum Gasteiger partial charge on any atom is 0.316 e. The summed E-state index contributed by atoms with van der Waals surface area (Å²) in [7, 11) is 0. The summed E-state index contributed by atoms with van der Waals surface area (Å²) >= 11 is 0. The number of hydrogen-bond acceptors (Lipinski definition) is 8. The summed E-state index contributed by atoms with van der Waals surface area (Å²) in [5, 5.41) is 23.1. The Bertz CT molecular complexity index is 1230. The number of aliphatic hydroxyl groups is 2. The largest absolute Gasteiger partial charge is 0.462 e. The first kappa shape index (κ1) is 31.1. The first-order valence-corrected chi connectivity index (χ1v) is 15.4. The van der Waals surface area contributed by atoms with E-state index in [9.17, 15) is 19.8 Å². The molecule has 0 aromatic rings. The molecule has 0 radical (unpaired) electrons. The molecule has 4 aliphatic heterocycles. The zero-order valence-corrected chi connectivity index (χ0v) is 25.6. The van der Waals surface area contributed by atoms with Gasteiger partial charge >= 0.3 is 5.97 Å². The van der Waals surface area contributed by atoms with Crippen molar-refractivity contribution in [1.29, 1.82) is 0 Å².